The van der Waals surface area contributed by atoms with Crippen LogP contribution in [0.4, 0.5) is 0 Å². The zero-order chi connectivity index (χ0) is 31.7. The second kappa shape index (κ2) is 34.8. The number of nitrogens with one attached hydrogen (secondary N) is 1. The van der Waals surface area contributed by atoms with Crippen molar-refractivity contribution in [1.29, 1.82) is 0 Å². The number of carboxylic acid groups (broad SMARTS) is 1. The molecule has 0 saturated heterocycles. The van der Waals surface area contributed by atoms with Crippen LogP contribution in [0.3, 0.4) is 0 Å². The molecule has 0 aromatic carbocycles. The number of unbranched alkanes of at least 4 members (excludes halogenated alkanes) is 26. The zero-order valence-corrected chi connectivity index (χ0v) is 30.3. The topological polar surface area (TPSA) is 101 Å². The van der Waals surface area contributed by atoms with Gasteiger partial charge in [-0.3, -0.25) is 9.59 Å². The lowest BCUT2D eigenvalue weighted by molar-refractivity contribution is -0.149. The van der Waals surface area contributed by atoms with E-state index < -0.39 is 11.4 Å². The van der Waals surface area contributed by atoms with Gasteiger partial charge in [0.05, 0.1) is 5.41 Å². The molecule has 5 nitrogen and oxygen atoms in total. The van der Waals surface area contributed by atoms with E-state index in [0.29, 0.717) is 19.4 Å². The van der Waals surface area contributed by atoms with Gasteiger partial charge in [-0.15, -0.1) is 0 Å². The van der Waals surface area contributed by atoms with E-state index in [2.05, 4.69) is 19.2 Å². The molecule has 0 saturated carbocycles. The summed E-state index contributed by atoms with van der Waals surface area (Å²) >= 11 is 0. The molecule has 0 aliphatic heterocycles. The fourth-order valence-corrected chi connectivity index (χ4v) is 6.31. The highest BCUT2D eigenvalue weighted by Gasteiger charge is 2.31. The molecule has 0 rings (SSSR count). The Balaban J connectivity index is 0. The number of amides is 1. The van der Waals surface area contributed by atoms with Crippen LogP contribution in [-0.4, -0.2) is 23.5 Å². The number of carboxylic acids is 1. The molecule has 0 aliphatic carbocycles. The summed E-state index contributed by atoms with van der Waals surface area (Å²) in [6.45, 7) is 7.14. The van der Waals surface area contributed by atoms with Gasteiger partial charge in [-0.2, -0.15) is 0 Å². The minimum absolute atomic E-state index is 0. The molecule has 1 amide bonds. The summed E-state index contributed by atoms with van der Waals surface area (Å²) in [6, 6.07) is 0. The van der Waals surface area contributed by atoms with Crippen molar-refractivity contribution < 1.29 is 14.7 Å². The quantitative estimate of drug-likeness (QED) is 0.0610. The Morgan fingerprint density at radius 2 is 0.773 bits per heavy atom. The highest BCUT2D eigenvalue weighted by molar-refractivity contribution is 5.75. The van der Waals surface area contributed by atoms with Crippen LogP contribution < -0.4 is 11.5 Å². The number of carbonyl (C=O) groups excluding carboxylic acids is 1. The maximum atomic E-state index is 12.2. The average molecular weight is 625 g/mol. The van der Waals surface area contributed by atoms with Gasteiger partial charge >= 0.3 is 5.97 Å². The predicted molar refractivity (Wildman–Crippen MR) is 193 cm³/mol. The van der Waals surface area contributed by atoms with Crippen LogP contribution in [0.25, 0.3) is 0 Å². The molecule has 0 bridgehead atoms. The Morgan fingerprint density at radius 3 is 1.11 bits per heavy atom. The number of rotatable bonds is 35. The molecule has 0 radical (unpaired) electrons. The predicted octanol–water partition coefficient (Wildman–Crippen LogP) is 12.9. The van der Waals surface area contributed by atoms with Gasteiger partial charge in [-0.05, 0) is 32.6 Å². The Kier molecular flexibility index (Phi) is 35.6. The van der Waals surface area contributed by atoms with E-state index in [-0.39, 0.29) is 12.1 Å². The van der Waals surface area contributed by atoms with Gasteiger partial charge in [0.15, 0.2) is 0 Å². The third kappa shape index (κ3) is 30.9. The molecule has 5 heteroatoms. The van der Waals surface area contributed by atoms with Gasteiger partial charge in [-0.25, -0.2) is 0 Å². The van der Waals surface area contributed by atoms with Crippen molar-refractivity contribution in [2.45, 2.75) is 226 Å². The summed E-state index contributed by atoms with van der Waals surface area (Å²) in [6.07, 6.45) is 39.5. The standard InChI is InChI=1S/C39H77NO3.H3N/c1-4-6-8-10-12-14-16-18-19-20-21-23-25-27-29-33-37(41)40-36-32-31-35-39(3,38(42)43)34-30-28-26-24-22-17-15-13-11-9-7-5-2;/h4-36H2,1-3H3,(H,40,41)(H,42,43);1H3. The molecule has 264 valence electrons. The van der Waals surface area contributed by atoms with Crippen LogP contribution >= 0.6 is 0 Å². The summed E-state index contributed by atoms with van der Waals surface area (Å²) in [4.78, 5) is 24.2. The molecular formula is C39H80N2O3. The third-order valence-electron chi connectivity index (χ3n) is 9.58. The van der Waals surface area contributed by atoms with Gasteiger partial charge in [0.25, 0.3) is 0 Å². The first-order valence-corrected chi connectivity index (χ1v) is 19.5. The number of aliphatic carboxylic acids is 1. The van der Waals surface area contributed by atoms with Crippen molar-refractivity contribution in [2.24, 2.45) is 5.41 Å². The second-order valence-electron chi connectivity index (χ2n) is 14.0. The number of hydrogen-bond acceptors (Lipinski definition) is 3. The molecule has 0 aliphatic rings. The molecular weight excluding hydrogens is 544 g/mol. The van der Waals surface area contributed by atoms with Crippen LogP contribution in [0.5, 0.6) is 0 Å². The lowest BCUT2D eigenvalue weighted by atomic mass is 9.80. The van der Waals surface area contributed by atoms with Crippen molar-refractivity contribution in [3.05, 3.63) is 0 Å². The third-order valence-corrected chi connectivity index (χ3v) is 9.58. The highest BCUT2D eigenvalue weighted by Crippen LogP contribution is 2.31. The van der Waals surface area contributed by atoms with Gasteiger partial charge < -0.3 is 16.6 Å². The molecule has 0 heterocycles. The monoisotopic (exact) mass is 625 g/mol. The van der Waals surface area contributed by atoms with Gasteiger partial charge in [0, 0.05) is 13.0 Å². The van der Waals surface area contributed by atoms with Crippen molar-refractivity contribution in [2.75, 3.05) is 6.54 Å². The largest absolute Gasteiger partial charge is 0.481 e. The first-order valence-electron chi connectivity index (χ1n) is 19.5. The van der Waals surface area contributed by atoms with Crippen LogP contribution in [0, 0.1) is 5.41 Å². The molecule has 44 heavy (non-hydrogen) atoms. The Morgan fingerprint density at radius 1 is 0.477 bits per heavy atom. The highest BCUT2D eigenvalue weighted by atomic mass is 16.4. The first kappa shape index (κ1) is 45.0. The van der Waals surface area contributed by atoms with Crippen molar-refractivity contribution in [1.82, 2.24) is 11.5 Å². The summed E-state index contributed by atoms with van der Waals surface area (Å²) in [5.74, 6) is -0.500. The maximum Gasteiger partial charge on any atom is 0.309 e. The molecule has 5 N–H and O–H groups in total. The molecule has 0 spiro atoms. The summed E-state index contributed by atoms with van der Waals surface area (Å²) in [5, 5.41) is 12.9. The average Bonchev–Trinajstić information content (AvgIpc) is 2.99. The molecule has 1 unspecified atom stereocenters. The van der Waals surface area contributed by atoms with E-state index >= 15 is 0 Å². The van der Waals surface area contributed by atoms with Crippen molar-refractivity contribution in [3.8, 4) is 0 Å². The SMILES string of the molecule is CCCCCCCCCCCCCCCCCC(=O)NCCCCC(C)(CCCCCCCCCCCCCC)C(=O)O.N. The van der Waals surface area contributed by atoms with E-state index in [1.807, 2.05) is 6.92 Å². The van der Waals surface area contributed by atoms with Crippen LogP contribution in [0.2, 0.25) is 0 Å². The zero-order valence-electron chi connectivity index (χ0n) is 30.3. The fraction of sp³-hybridized carbons (Fsp3) is 0.949. The summed E-state index contributed by atoms with van der Waals surface area (Å²) < 4.78 is 0. The summed E-state index contributed by atoms with van der Waals surface area (Å²) in [5.41, 5.74) is -0.629. The minimum atomic E-state index is -0.659. The fourth-order valence-electron chi connectivity index (χ4n) is 6.31. The second-order valence-corrected chi connectivity index (χ2v) is 14.0. The van der Waals surface area contributed by atoms with E-state index in [1.54, 1.807) is 0 Å². The van der Waals surface area contributed by atoms with Crippen LogP contribution in [-0.2, 0) is 9.59 Å². The number of hydrogen-bond donors (Lipinski definition) is 3. The Labute approximate surface area is 275 Å². The maximum absolute atomic E-state index is 12.2. The minimum Gasteiger partial charge on any atom is -0.481 e. The van der Waals surface area contributed by atoms with E-state index in [0.717, 1.165) is 44.9 Å². The molecule has 1 atom stereocenters. The molecule has 0 aromatic heterocycles. The molecule has 0 fully saturated rings. The van der Waals surface area contributed by atoms with Gasteiger partial charge in [-0.1, -0.05) is 187 Å². The van der Waals surface area contributed by atoms with Gasteiger partial charge in [0.2, 0.25) is 5.91 Å². The Hall–Kier alpha value is -1.10. The van der Waals surface area contributed by atoms with Crippen LogP contribution in [0.15, 0.2) is 0 Å². The van der Waals surface area contributed by atoms with Crippen molar-refractivity contribution >= 4 is 11.9 Å². The lowest BCUT2D eigenvalue weighted by Gasteiger charge is -2.24. The number of carbonyl (C=O) groups is 2. The van der Waals surface area contributed by atoms with Gasteiger partial charge in [0.1, 0.15) is 0 Å². The van der Waals surface area contributed by atoms with E-state index in [4.69, 9.17) is 0 Å². The lowest BCUT2D eigenvalue weighted by Crippen LogP contribution is -2.28. The smallest absolute Gasteiger partial charge is 0.309 e. The first-order chi connectivity index (χ1) is 21.0. The Bertz CT molecular complexity index is 612. The van der Waals surface area contributed by atoms with Crippen molar-refractivity contribution in [3.63, 3.8) is 0 Å². The molecule has 0 aromatic rings. The summed E-state index contributed by atoms with van der Waals surface area (Å²) in [7, 11) is 0. The van der Waals surface area contributed by atoms with E-state index in [9.17, 15) is 14.7 Å². The normalized spacial score (nSPS) is 12.5. The van der Waals surface area contributed by atoms with Crippen LogP contribution in [0.1, 0.15) is 226 Å². The van der Waals surface area contributed by atoms with E-state index in [1.165, 1.54) is 148 Å².